The van der Waals surface area contributed by atoms with E-state index in [0.29, 0.717) is 5.92 Å². The molecule has 0 N–H and O–H groups in total. The normalized spacial score (nSPS) is 24.9. The van der Waals surface area contributed by atoms with E-state index in [9.17, 15) is 8.42 Å². The second-order valence-electron chi connectivity index (χ2n) is 5.14. The van der Waals surface area contributed by atoms with Gasteiger partial charge < -0.3 is 0 Å². The maximum Gasteiger partial charge on any atom is 0.264 e. The zero-order chi connectivity index (χ0) is 13.0. The Morgan fingerprint density at radius 2 is 1.94 bits per heavy atom. The first-order valence-corrected chi connectivity index (χ1v) is 8.27. The van der Waals surface area contributed by atoms with Crippen LogP contribution < -0.4 is 0 Å². The van der Waals surface area contributed by atoms with Gasteiger partial charge in [0, 0.05) is 0 Å². The van der Waals surface area contributed by atoms with Crippen molar-refractivity contribution in [3.63, 3.8) is 0 Å². The Balaban J connectivity index is 1.91. The molecule has 0 aromatic heterocycles. The molecule has 2 rings (SSSR count). The Hall–Kier alpha value is -0.870. The van der Waals surface area contributed by atoms with E-state index < -0.39 is 10.1 Å². The summed E-state index contributed by atoms with van der Waals surface area (Å²) in [6.45, 7) is 0. The van der Waals surface area contributed by atoms with Gasteiger partial charge in [0.25, 0.3) is 10.1 Å². The number of benzene rings is 1. The Bertz CT molecular complexity index is 467. The van der Waals surface area contributed by atoms with Gasteiger partial charge in [0.1, 0.15) is 0 Å². The van der Waals surface area contributed by atoms with E-state index in [0.717, 1.165) is 31.9 Å². The van der Waals surface area contributed by atoms with E-state index >= 15 is 0 Å². The summed E-state index contributed by atoms with van der Waals surface area (Å²) in [4.78, 5) is 0. The SMILES string of the molecule is CS(=O)(=O)O[C@H]1CCC[C@@H](Cc2ccccc2)C1. The molecule has 0 bridgehead atoms. The fourth-order valence-corrected chi connectivity index (χ4v) is 3.38. The third-order valence-corrected chi connectivity index (χ3v) is 4.03. The second-order valence-corrected chi connectivity index (χ2v) is 6.75. The molecule has 2 atom stereocenters. The van der Waals surface area contributed by atoms with E-state index in [1.54, 1.807) is 0 Å². The van der Waals surface area contributed by atoms with Gasteiger partial charge in [0.2, 0.25) is 0 Å². The van der Waals surface area contributed by atoms with Crippen LogP contribution in [0.3, 0.4) is 0 Å². The molecular weight excluding hydrogens is 248 g/mol. The number of hydrogen-bond acceptors (Lipinski definition) is 3. The van der Waals surface area contributed by atoms with Gasteiger partial charge in [-0.3, -0.25) is 4.18 Å². The van der Waals surface area contributed by atoms with Crippen LogP contribution in [-0.4, -0.2) is 20.8 Å². The molecule has 0 saturated heterocycles. The van der Waals surface area contributed by atoms with Crippen molar-refractivity contribution in [3.05, 3.63) is 35.9 Å². The predicted octanol–water partition coefficient (Wildman–Crippen LogP) is 2.76. The molecule has 4 heteroatoms. The van der Waals surface area contributed by atoms with Gasteiger partial charge in [0.15, 0.2) is 0 Å². The minimum atomic E-state index is -3.32. The zero-order valence-electron chi connectivity index (χ0n) is 10.7. The van der Waals surface area contributed by atoms with Crippen LogP contribution in [0.4, 0.5) is 0 Å². The van der Waals surface area contributed by atoms with E-state index in [1.807, 2.05) is 18.2 Å². The first kappa shape index (κ1) is 13.6. The fraction of sp³-hybridized carbons (Fsp3) is 0.571. The van der Waals surface area contributed by atoms with Gasteiger partial charge in [-0.2, -0.15) is 8.42 Å². The second kappa shape index (κ2) is 5.85. The summed E-state index contributed by atoms with van der Waals surface area (Å²) in [5, 5.41) is 0. The Labute approximate surface area is 109 Å². The van der Waals surface area contributed by atoms with Crippen molar-refractivity contribution in [1.29, 1.82) is 0 Å². The maximum absolute atomic E-state index is 11.1. The van der Waals surface area contributed by atoms with E-state index in [2.05, 4.69) is 12.1 Å². The molecule has 3 nitrogen and oxygen atoms in total. The predicted molar refractivity (Wildman–Crippen MR) is 71.8 cm³/mol. The molecule has 1 aromatic carbocycles. The average Bonchev–Trinajstić information content (AvgIpc) is 2.28. The highest BCUT2D eigenvalue weighted by atomic mass is 32.2. The first-order chi connectivity index (χ1) is 8.53. The third-order valence-electron chi connectivity index (χ3n) is 3.41. The van der Waals surface area contributed by atoms with Crippen molar-refractivity contribution in [2.75, 3.05) is 6.26 Å². The van der Waals surface area contributed by atoms with Crippen LogP contribution >= 0.6 is 0 Å². The van der Waals surface area contributed by atoms with Crippen LogP contribution in [0.25, 0.3) is 0 Å². The largest absolute Gasteiger partial charge is 0.267 e. The summed E-state index contributed by atoms with van der Waals surface area (Å²) in [7, 11) is -3.32. The van der Waals surface area contributed by atoms with Crippen molar-refractivity contribution in [2.24, 2.45) is 5.92 Å². The summed E-state index contributed by atoms with van der Waals surface area (Å²) >= 11 is 0. The number of hydrogen-bond donors (Lipinski definition) is 0. The van der Waals surface area contributed by atoms with Gasteiger partial charge in [-0.1, -0.05) is 36.8 Å². The van der Waals surface area contributed by atoms with Crippen molar-refractivity contribution >= 4 is 10.1 Å². The third kappa shape index (κ3) is 4.42. The summed E-state index contributed by atoms with van der Waals surface area (Å²) in [6.07, 6.45) is 5.96. The van der Waals surface area contributed by atoms with Crippen LogP contribution in [0, 0.1) is 5.92 Å². The fourth-order valence-electron chi connectivity index (χ4n) is 2.71. The molecule has 1 aliphatic rings. The molecule has 1 saturated carbocycles. The van der Waals surface area contributed by atoms with Crippen LogP contribution in [-0.2, 0) is 20.7 Å². The number of rotatable bonds is 4. The molecule has 18 heavy (non-hydrogen) atoms. The topological polar surface area (TPSA) is 43.4 Å². The van der Waals surface area contributed by atoms with Crippen molar-refractivity contribution in [1.82, 2.24) is 0 Å². The molecular formula is C14H20O3S. The Morgan fingerprint density at radius 3 is 2.61 bits per heavy atom. The molecule has 0 unspecified atom stereocenters. The molecule has 0 amide bonds. The van der Waals surface area contributed by atoms with Gasteiger partial charge in [0.05, 0.1) is 12.4 Å². The van der Waals surface area contributed by atoms with Crippen LogP contribution in [0.1, 0.15) is 31.2 Å². The van der Waals surface area contributed by atoms with Crippen molar-refractivity contribution in [2.45, 2.75) is 38.2 Å². The Morgan fingerprint density at radius 1 is 1.22 bits per heavy atom. The maximum atomic E-state index is 11.1. The smallest absolute Gasteiger partial charge is 0.264 e. The Kier molecular flexibility index (Phi) is 4.40. The summed E-state index contributed by atoms with van der Waals surface area (Å²) < 4.78 is 27.4. The van der Waals surface area contributed by atoms with Gasteiger partial charge in [-0.05, 0) is 37.2 Å². The molecule has 0 spiro atoms. The standard InChI is InChI=1S/C14H20O3S/c1-18(15,16)17-14-9-5-8-13(11-14)10-12-6-3-2-4-7-12/h2-4,6-7,13-14H,5,8-11H2,1H3/t13-,14-/m0/s1. The average molecular weight is 268 g/mol. The molecule has 0 radical (unpaired) electrons. The van der Waals surface area contributed by atoms with Crippen molar-refractivity contribution < 1.29 is 12.6 Å². The molecule has 0 heterocycles. The summed E-state index contributed by atoms with van der Waals surface area (Å²) in [5.41, 5.74) is 1.32. The highest BCUT2D eigenvalue weighted by Gasteiger charge is 2.25. The quantitative estimate of drug-likeness (QED) is 0.789. The minimum Gasteiger partial charge on any atom is -0.267 e. The van der Waals surface area contributed by atoms with Gasteiger partial charge in [-0.15, -0.1) is 0 Å². The van der Waals surface area contributed by atoms with E-state index in [-0.39, 0.29) is 6.10 Å². The monoisotopic (exact) mass is 268 g/mol. The summed E-state index contributed by atoms with van der Waals surface area (Å²) in [5.74, 6) is 0.535. The summed E-state index contributed by atoms with van der Waals surface area (Å²) in [6, 6.07) is 10.4. The lowest BCUT2D eigenvalue weighted by Crippen LogP contribution is -2.26. The van der Waals surface area contributed by atoms with E-state index in [1.165, 1.54) is 12.0 Å². The van der Waals surface area contributed by atoms with Gasteiger partial charge >= 0.3 is 0 Å². The highest BCUT2D eigenvalue weighted by molar-refractivity contribution is 7.86. The van der Waals surface area contributed by atoms with E-state index in [4.69, 9.17) is 4.18 Å². The lowest BCUT2D eigenvalue weighted by Gasteiger charge is -2.28. The van der Waals surface area contributed by atoms with Gasteiger partial charge in [-0.25, -0.2) is 0 Å². The van der Waals surface area contributed by atoms with Crippen molar-refractivity contribution in [3.8, 4) is 0 Å². The van der Waals surface area contributed by atoms with Crippen LogP contribution in [0.5, 0.6) is 0 Å². The lowest BCUT2D eigenvalue weighted by atomic mass is 9.83. The zero-order valence-corrected chi connectivity index (χ0v) is 11.5. The molecule has 1 aromatic rings. The lowest BCUT2D eigenvalue weighted by molar-refractivity contribution is 0.131. The highest BCUT2D eigenvalue weighted by Crippen LogP contribution is 2.29. The van der Waals surface area contributed by atoms with Crippen LogP contribution in [0.2, 0.25) is 0 Å². The molecule has 0 aliphatic heterocycles. The van der Waals surface area contributed by atoms with Crippen LogP contribution in [0.15, 0.2) is 30.3 Å². The minimum absolute atomic E-state index is 0.123. The molecule has 1 aliphatic carbocycles. The first-order valence-electron chi connectivity index (χ1n) is 6.45. The molecule has 1 fully saturated rings. The molecule has 100 valence electrons.